The van der Waals surface area contributed by atoms with E-state index < -0.39 is 0 Å². The van der Waals surface area contributed by atoms with Gasteiger partial charge in [-0.2, -0.15) is 0 Å². The molecule has 2 aromatic rings. The van der Waals surface area contributed by atoms with E-state index in [4.69, 9.17) is 15.2 Å². The third kappa shape index (κ3) is 2.85. The summed E-state index contributed by atoms with van der Waals surface area (Å²) in [4.78, 5) is 13.8. The van der Waals surface area contributed by atoms with E-state index >= 15 is 0 Å². The van der Waals surface area contributed by atoms with E-state index in [1.807, 2.05) is 13.0 Å². The Balaban J connectivity index is 2.27. The average molecular weight is 292 g/mol. The van der Waals surface area contributed by atoms with E-state index in [9.17, 15) is 4.79 Å². The molecule has 0 saturated carbocycles. The summed E-state index contributed by atoms with van der Waals surface area (Å²) in [6.45, 7) is 1.95. The van der Waals surface area contributed by atoms with Crippen LogP contribution in [0, 0.1) is 6.92 Å². The number of carbonyl (C=O) groups excluding carboxylic acids is 1. The smallest absolute Gasteiger partial charge is 0.265 e. The Morgan fingerprint density at radius 3 is 2.40 bits per heavy atom. The predicted octanol–water partition coefficient (Wildman–Crippen LogP) is 2.91. The lowest BCUT2D eigenvalue weighted by Gasteiger charge is -2.13. The zero-order valence-electron chi connectivity index (χ0n) is 11.5. The molecule has 0 unspecified atom stereocenters. The Labute approximate surface area is 121 Å². The van der Waals surface area contributed by atoms with Crippen LogP contribution in [-0.2, 0) is 0 Å². The maximum Gasteiger partial charge on any atom is 0.265 e. The van der Waals surface area contributed by atoms with Gasteiger partial charge in [-0.3, -0.25) is 4.79 Å². The Hall–Kier alpha value is -2.21. The fraction of sp³-hybridized carbons (Fsp3) is 0.214. The third-order valence-electron chi connectivity index (χ3n) is 2.77. The first-order valence-corrected chi connectivity index (χ1v) is 6.76. The molecule has 2 rings (SSSR count). The second kappa shape index (κ2) is 5.83. The zero-order chi connectivity index (χ0) is 14.7. The van der Waals surface area contributed by atoms with E-state index in [2.05, 4.69) is 5.32 Å². The van der Waals surface area contributed by atoms with Crippen molar-refractivity contribution in [2.75, 3.05) is 25.3 Å². The van der Waals surface area contributed by atoms with Crippen molar-refractivity contribution < 1.29 is 14.3 Å². The lowest BCUT2D eigenvalue weighted by molar-refractivity contribution is 0.103. The quantitative estimate of drug-likeness (QED) is 0.850. The van der Waals surface area contributed by atoms with Crippen molar-refractivity contribution >= 4 is 28.6 Å². The summed E-state index contributed by atoms with van der Waals surface area (Å²) in [6.07, 6.45) is 0. The highest BCUT2D eigenvalue weighted by molar-refractivity contribution is 7.14. The van der Waals surface area contributed by atoms with Crippen LogP contribution < -0.4 is 20.5 Å². The number of amides is 1. The van der Waals surface area contributed by atoms with Crippen molar-refractivity contribution in [2.24, 2.45) is 0 Å². The highest BCUT2D eigenvalue weighted by Gasteiger charge is 2.13. The number of hydrogen-bond acceptors (Lipinski definition) is 5. The molecule has 3 N–H and O–H groups in total. The molecule has 1 aromatic carbocycles. The fourth-order valence-electron chi connectivity index (χ4n) is 1.74. The van der Waals surface area contributed by atoms with Gasteiger partial charge in [0, 0.05) is 17.0 Å². The molecule has 5 nitrogen and oxygen atoms in total. The number of methoxy groups -OCH3 is 2. The van der Waals surface area contributed by atoms with E-state index in [0.29, 0.717) is 27.8 Å². The number of anilines is 2. The van der Waals surface area contributed by atoms with Gasteiger partial charge in [0.1, 0.15) is 0 Å². The van der Waals surface area contributed by atoms with Crippen molar-refractivity contribution in [1.29, 1.82) is 0 Å². The monoisotopic (exact) mass is 292 g/mol. The molecule has 0 atom stereocenters. The van der Waals surface area contributed by atoms with Gasteiger partial charge < -0.3 is 20.5 Å². The number of nitrogens with two attached hydrogens (primary N) is 1. The van der Waals surface area contributed by atoms with Crippen molar-refractivity contribution in [3.8, 4) is 11.5 Å². The molecule has 0 aliphatic rings. The first-order valence-electron chi connectivity index (χ1n) is 5.94. The molecule has 0 aliphatic carbocycles. The molecule has 106 valence electrons. The number of aryl methyl sites for hydroxylation is 1. The van der Waals surface area contributed by atoms with Gasteiger partial charge in [-0.25, -0.2) is 0 Å². The molecule has 0 fully saturated rings. The van der Waals surface area contributed by atoms with Crippen molar-refractivity contribution in [3.05, 3.63) is 34.0 Å². The second-order valence-electron chi connectivity index (χ2n) is 4.16. The van der Waals surface area contributed by atoms with Crippen molar-refractivity contribution in [2.45, 2.75) is 6.92 Å². The summed E-state index contributed by atoms with van der Waals surface area (Å²) >= 11 is 1.43. The number of nitrogens with one attached hydrogen (secondary N) is 1. The van der Waals surface area contributed by atoms with Crippen LogP contribution in [-0.4, -0.2) is 20.1 Å². The lowest BCUT2D eigenvalue weighted by atomic mass is 10.2. The molecule has 0 spiro atoms. The van der Waals surface area contributed by atoms with E-state index in [0.717, 1.165) is 4.88 Å². The fourth-order valence-corrected chi connectivity index (χ4v) is 2.51. The van der Waals surface area contributed by atoms with Crippen LogP contribution in [0.1, 0.15) is 14.5 Å². The van der Waals surface area contributed by atoms with Crippen LogP contribution in [0.3, 0.4) is 0 Å². The number of nitrogen functional groups attached to an aromatic ring is 1. The summed E-state index contributed by atoms with van der Waals surface area (Å²) in [7, 11) is 3.06. The van der Waals surface area contributed by atoms with Gasteiger partial charge in [0.05, 0.1) is 30.5 Å². The van der Waals surface area contributed by atoms with E-state index in [1.165, 1.54) is 25.6 Å². The number of benzene rings is 1. The van der Waals surface area contributed by atoms with Crippen molar-refractivity contribution in [3.63, 3.8) is 0 Å². The second-order valence-corrected chi connectivity index (χ2v) is 5.45. The standard InChI is InChI=1S/C14H16N2O3S/c1-8-4-5-13(20-8)14(17)16-10-7-12(19-3)11(18-2)6-9(10)15/h4-7H,15H2,1-3H3,(H,16,17). The Bertz CT molecular complexity index is 637. The summed E-state index contributed by atoms with van der Waals surface area (Å²) in [5, 5.41) is 2.78. The van der Waals surface area contributed by atoms with Crippen LogP contribution in [0.15, 0.2) is 24.3 Å². The van der Waals surface area contributed by atoms with Gasteiger partial charge in [0.2, 0.25) is 0 Å². The van der Waals surface area contributed by atoms with Crippen LogP contribution in [0.25, 0.3) is 0 Å². The van der Waals surface area contributed by atoms with Crippen LogP contribution in [0.4, 0.5) is 11.4 Å². The van der Waals surface area contributed by atoms with Gasteiger partial charge in [0.15, 0.2) is 11.5 Å². The Morgan fingerprint density at radius 1 is 1.20 bits per heavy atom. The molecule has 20 heavy (non-hydrogen) atoms. The summed E-state index contributed by atoms with van der Waals surface area (Å²) in [5.74, 6) is 0.844. The van der Waals surface area contributed by atoms with Gasteiger partial charge in [-0.1, -0.05) is 0 Å². The number of thiophene rings is 1. The largest absolute Gasteiger partial charge is 0.493 e. The average Bonchev–Trinajstić information content (AvgIpc) is 2.87. The molecule has 0 radical (unpaired) electrons. The topological polar surface area (TPSA) is 73.6 Å². The highest BCUT2D eigenvalue weighted by atomic mass is 32.1. The van der Waals surface area contributed by atoms with Crippen molar-refractivity contribution in [1.82, 2.24) is 0 Å². The number of rotatable bonds is 4. The summed E-state index contributed by atoms with van der Waals surface area (Å²) in [6, 6.07) is 6.95. The number of hydrogen-bond donors (Lipinski definition) is 2. The van der Waals surface area contributed by atoms with Crippen LogP contribution >= 0.6 is 11.3 Å². The highest BCUT2D eigenvalue weighted by Crippen LogP contribution is 2.35. The Morgan fingerprint density at radius 2 is 1.85 bits per heavy atom. The molecule has 1 heterocycles. The van der Waals surface area contributed by atoms with Crippen LogP contribution in [0.2, 0.25) is 0 Å². The molecule has 0 aliphatic heterocycles. The van der Waals surface area contributed by atoms with Gasteiger partial charge in [0.25, 0.3) is 5.91 Å². The molecule has 0 saturated heterocycles. The van der Waals surface area contributed by atoms with E-state index in [1.54, 1.807) is 18.2 Å². The molecule has 1 aromatic heterocycles. The molecular formula is C14H16N2O3S. The van der Waals surface area contributed by atoms with Gasteiger partial charge in [-0.05, 0) is 19.1 Å². The SMILES string of the molecule is COc1cc(N)c(NC(=O)c2ccc(C)s2)cc1OC. The first kappa shape index (κ1) is 14.2. The minimum absolute atomic E-state index is 0.193. The third-order valence-corrected chi connectivity index (χ3v) is 3.77. The number of carbonyl (C=O) groups is 1. The summed E-state index contributed by atoms with van der Waals surface area (Å²) in [5.41, 5.74) is 6.82. The molecule has 6 heteroatoms. The number of ether oxygens (including phenoxy) is 2. The Kier molecular flexibility index (Phi) is 4.14. The van der Waals surface area contributed by atoms with Gasteiger partial charge in [-0.15, -0.1) is 11.3 Å². The lowest BCUT2D eigenvalue weighted by Crippen LogP contribution is -2.12. The van der Waals surface area contributed by atoms with Crippen LogP contribution in [0.5, 0.6) is 11.5 Å². The zero-order valence-corrected chi connectivity index (χ0v) is 12.3. The normalized spacial score (nSPS) is 10.2. The minimum atomic E-state index is -0.193. The predicted molar refractivity (Wildman–Crippen MR) is 81.0 cm³/mol. The maximum absolute atomic E-state index is 12.1. The minimum Gasteiger partial charge on any atom is -0.493 e. The summed E-state index contributed by atoms with van der Waals surface area (Å²) < 4.78 is 10.3. The van der Waals surface area contributed by atoms with Gasteiger partial charge >= 0.3 is 0 Å². The molecule has 0 bridgehead atoms. The molecule has 1 amide bonds. The first-order chi connectivity index (χ1) is 9.55. The maximum atomic E-state index is 12.1. The van der Waals surface area contributed by atoms with E-state index in [-0.39, 0.29) is 5.91 Å². The molecular weight excluding hydrogens is 276 g/mol.